The molecule has 0 amide bonds. The summed E-state index contributed by atoms with van der Waals surface area (Å²) in [7, 11) is 0. The Morgan fingerprint density at radius 3 is 3.07 bits per heavy atom. The standard InChI is InChI=1S/C9H11N3O2S/c1-5-7(8(13)14)12-6(2-3-10)4-15-9(12)11-5/h4H,2-3,10H2,1H3,(H,13,14). The molecule has 0 atom stereocenters. The topological polar surface area (TPSA) is 80.6 Å². The minimum absolute atomic E-state index is 0.245. The predicted molar refractivity (Wildman–Crippen MR) is 57.5 cm³/mol. The van der Waals surface area contributed by atoms with Crippen LogP contribution < -0.4 is 5.73 Å². The molecule has 3 N–H and O–H groups in total. The van der Waals surface area contributed by atoms with Gasteiger partial charge in [-0.25, -0.2) is 9.78 Å². The lowest BCUT2D eigenvalue weighted by atomic mass is 10.3. The van der Waals surface area contributed by atoms with E-state index in [2.05, 4.69) is 4.98 Å². The molecular weight excluding hydrogens is 214 g/mol. The third kappa shape index (κ3) is 1.51. The molecule has 2 heterocycles. The largest absolute Gasteiger partial charge is 0.477 e. The van der Waals surface area contributed by atoms with E-state index in [0.29, 0.717) is 23.6 Å². The number of fused-ring (bicyclic) bond motifs is 1. The molecule has 6 heteroatoms. The summed E-state index contributed by atoms with van der Waals surface area (Å²) in [5.74, 6) is -0.948. The Morgan fingerprint density at radius 2 is 2.47 bits per heavy atom. The first-order valence-corrected chi connectivity index (χ1v) is 5.42. The number of nitrogens with two attached hydrogens (primary N) is 1. The summed E-state index contributed by atoms with van der Waals surface area (Å²) in [6.07, 6.45) is 0.663. The Labute approximate surface area is 90.2 Å². The number of carboxylic acids is 1. The maximum absolute atomic E-state index is 11.1. The number of hydrogen-bond acceptors (Lipinski definition) is 4. The molecule has 0 unspecified atom stereocenters. The molecule has 0 saturated carbocycles. The SMILES string of the molecule is Cc1nc2scc(CCN)n2c1C(=O)O. The van der Waals surface area contributed by atoms with E-state index in [1.807, 2.05) is 5.38 Å². The van der Waals surface area contributed by atoms with Gasteiger partial charge in [0, 0.05) is 17.5 Å². The molecule has 0 radical (unpaired) electrons. The quantitative estimate of drug-likeness (QED) is 0.813. The molecule has 5 nitrogen and oxygen atoms in total. The number of hydrogen-bond donors (Lipinski definition) is 2. The molecule has 0 aliphatic carbocycles. The Morgan fingerprint density at radius 1 is 1.73 bits per heavy atom. The van der Waals surface area contributed by atoms with Crippen molar-refractivity contribution in [2.24, 2.45) is 5.73 Å². The maximum atomic E-state index is 11.1. The first-order chi connectivity index (χ1) is 7.15. The zero-order valence-corrected chi connectivity index (χ0v) is 9.04. The monoisotopic (exact) mass is 225 g/mol. The van der Waals surface area contributed by atoms with Crippen molar-refractivity contribution in [2.75, 3.05) is 6.54 Å². The highest BCUT2D eigenvalue weighted by atomic mass is 32.1. The average Bonchev–Trinajstić information content (AvgIpc) is 2.65. The van der Waals surface area contributed by atoms with E-state index in [-0.39, 0.29) is 5.69 Å². The van der Waals surface area contributed by atoms with Crippen LogP contribution in [-0.2, 0) is 6.42 Å². The molecule has 15 heavy (non-hydrogen) atoms. The number of aromatic nitrogens is 2. The molecule has 0 aliphatic heterocycles. The smallest absolute Gasteiger partial charge is 0.354 e. The van der Waals surface area contributed by atoms with Gasteiger partial charge in [0.1, 0.15) is 0 Å². The van der Waals surface area contributed by atoms with Crippen LogP contribution in [0.5, 0.6) is 0 Å². The highest BCUT2D eigenvalue weighted by molar-refractivity contribution is 7.15. The number of imidazole rings is 1. The molecule has 0 bridgehead atoms. The van der Waals surface area contributed by atoms with Crippen molar-refractivity contribution in [2.45, 2.75) is 13.3 Å². The summed E-state index contributed by atoms with van der Waals surface area (Å²) in [4.78, 5) is 16.0. The fraction of sp³-hybridized carbons (Fsp3) is 0.333. The van der Waals surface area contributed by atoms with Gasteiger partial charge in [-0.2, -0.15) is 0 Å². The van der Waals surface area contributed by atoms with Crippen molar-refractivity contribution in [3.8, 4) is 0 Å². The third-order valence-corrected chi connectivity index (χ3v) is 3.09. The van der Waals surface area contributed by atoms with Crippen molar-refractivity contribution in [1.29, 1.82) is 0 Å². The lowest BCUT2D eigenvalue weighted by Gasteiger charge is -1.99. The molecule has 0 aliphatic rings. The van der Waals surface area contributed by atoms with E-state index in [4.69, 9.17) is 10.8 Å². The first-order valence-electron chi connectivity index (χ1n) is 4.54. The van der Waals surface area contributed by atoms with Crippen molar-refractivity contribution in [3.63, 3.8) is 0 Å². The second-order valence-corrected chi connectivity index (χ2v) is 4.07. The number of rotatable bonds is 3. The van der Waals surface area contributed by atoms with Crippen LogP contribution in [0.3, 0.4) is 0 Å². The fourth-order valence-electron chi connectivity index (χ4n) is 1.59. The van der Waals surface area contributed by atoms with Crippen LogP contribution in [0.2, 0.25) is 0 Å². The molecule has 0 aromatic carbocycles. The normalized spacial score (nSPS) is 11.1. The fourth-order valence-corrected chi connectivity index (χ4v) is 2.56. The molecule has 2 rings (SSSR count). The number of carbonyl (C=O) groups is 1. The summed E-state index contributed by atoms with van der Waals surface area (Å²) in [6.45, 7) is 2.21. The summed E-state index contributed by atoms with van der Waals surface area (Å²) >= 11 is 1.44. The van der Waals surface area contributed by atoms with E-state index >= 15 is 0 Å². The van der Waals surface area contributed by atoms with Gasteiger partial charge in [-0.1, -0.05) is 0 Å². The molecule has 0 saturated heterocycles. The summed E-state index contributed by atoms with van der Waals surface area (Å²) < 4.78 is 1.68. The molecule has 0 fully saturated rings. The summed E-state index contributed by atoms with van der Waals surface area (Å²) in [5.41, 5.74) is 7.17. The maximum Gasteiger partial charge on any atom is 0.354 e. The minimum atomic E-state index is -0.948. The van der Waals surface area contributed by atoms with Crippen LogP contribution in [0.15, 0.2) is 5.38 Å². The molecule has 2 aromatic heterocycles. The minimum Gasteiger partial charge on any atom is -0.477 e. The number of thiazole rings is 1. The highest BCUT2D eigenvalue weighted by Gasteiger charge is 2.18. The van der Waals surface area contributed by atoms with Gasteiger partial charge in [0.25, 0.3) is 0 Å². The predicted octanol–water partition coefficient (Wildman–Crippen LogP) is 0.904. The van der Waals surface area contributed by atoms with Gasteiger partial charge in [-0.05, 0) is 13.5 Å². The van der Waals surface area contributed by atoms with Crippen LogP contribution in [0, 0.1) is 6.92 Å². The van der Waals surface area contributed by atoms with Crippen LogP contribution in [0.1, 0.15) is 21.9 Å². The Bertz CT molecular complexity index is 515. The van der Waals surface area contributed by atoms with Gasteiger partial charge in [-0.3, -0.25) is 4.40 Å². The van der Waals surface area contributed by atoms with E-state index in [9.17, 15) is 4.79 Å². The average molecular weight is 225 g/mol. The van der Waals surface area contributed by atoms with Gasteiger partial charge < -0.3 is 10.8 Å². The Balaban J connectivity index is 2.69. The number of carboxylic acid groups (broad SMARTS) is 1. The zero-order chi connectivity index (χ0) is 11.0. The zero-order valence-electron chi connectivity index (χ0n) is 8.23. The Hall–Kier alpha value is -1.40. The van der Waals surface area contributed by atoms with Crippen LogP contribution >= 0.6 is 11.3 Å². The van der Waals surface area contributed by atoms with Crippen LogP contribution in [0.4, 0.5) is 0 Å². The van der Waals surface area contributed by atoms with Gasteiger partial charge in [0.2, 0.25) is 0 Å². The van der Waals surface area contributed by atoms with Crippen LogP contribution in [0.25, 0.3) is 4.96 Å². The number of aryl methyl sites for hydroxylation is 1. The number of nitrogens with zero attached hydrogens (tertiary/aromatic N) is 2. The second-order valence-electron chi connectivity index (χ2n) is 3.23. The van der Waals surface area contributed by atoms with E-state index in [1.54, 1.807) is 11.3 Å². The van der Waals surface area contributed by atoms with Crippen molar-refractivity contribution in [3.05, 3.63) is 22.5 Å². The van der Waals surface area contributed by atoms with Gasteiger partial charge in [0.05, 0.1) is 5.69 Å². The molecule has 80 valence electrons. The van der Waals surface area contributed by atoms with Crippen molar-refractivity contribution < 1.29 is 9.90 Å². The first kappa shape index (κ1) is 10.1. The van der Waals surface area contributed by atoms with Gasteiger partial charge >= 0.3 is 5.97 Å². The van der Waals surface area contributed by atoms with Crippen molar-refractivity contribution >= 4 is 22.3 Å². The van der Waals surface area contributed by atoms with Crippen molar-refractivity contribution in [1.82, 2.24) is 9.38 Å². The van der Waals surface area contributed by atoms with Gasteiger partial charge in [-0.15, -0.1) is 11.3 Å². The lowest BCUT2D eigenvalue weighted by molar-refractivity contribution is 0.0688. The van der Waals surface area contributed by atoms with Gasteiger partial charge in [0.15, 0.2) is 10.7 Å². The van der Waals surface area contributed by atoms with E-state index in [0.717, 1.165) is 5.69 Å². The lowest BCUT2D eigenvalue weighted by Crippen LogP contribution is -2.09. The second kappa shape index (κ2) is 3.63. The van der Waals surface area contributed by atoms with E-state index < -0.39 is 5.97 Å². The number of aromatic carboxylic acids is 1. The van der Waals surface area contributed by atoms with E-state index in [1.165, 1.54) is 11.3 Å². The Kier molecular flexibility index (Phi) is 2.45. The molecule has 0 spiro atoms. The third-order valence-electron chi connectivity index (χ3n) is 2.21. The summed E-state index contributed by atoms with van der Waals surface area (Å²) in [5, 5.41) is 11.0. The summed E-state index contributed by atoms with van der Waals surface area (Å²) in [6, 6.07) is 0. The molecular formula is C9H11N3O2S. The molecule has 2 aromatic rings. The highest BCUT2D eigenvalue weighted by Crippen LogP contribution is 2.21. The van der Waals surface area contributed by atoms with Crippen LogP contribution in [-0.4, -0.2) is 27.0 Å².